The predicted octanol–water partition coefficient (Wildman–Crippen LogP) is 1.53. The molecular weight excluding hydrogens is 272 g/mol. The number of aliphatic hydroxyl groups excluding tert-OH is 1. The summed E-state index contributed by atoms with van der Waals surface area (Å²) >= 11 is 0. The van der Waals surface area contributed by atoms with E-state index in [1.165, 1.54) is 14.0 Å². The average molecular weight is 290 g/mol. The van der Waals surface area contributed by atoms with Gasteiger partial charge in [-0.3, -0.25) is 9.48 Å². The number of ether oxygens (including phenoxy) is 2. The van der Waals surface area contributed by atoms with Gasteiger partial charge in [0.1, 0.15) is 12.7 Å². The molecule has 0 amide bonds. The molecule has 6 nitrogen and oxygen atoms in total. The lowest BCUT2D eigenvalue weighted by atomic mass is 10.1. The van der Waals surface area contributed by atoms with Crippen molar-refractivity contribution in [3.8, 4) is 11.5 Å². The fourth-order valence-electron chi connectivity index (χ4n) is 1.87. The van der Waals surface area contributed by atoms with Crippen LogP contribution in [0.15, 0.2) is 36.7 Å². The number of benzene rings is 1. The van der Waals surface area contributed by atoms with Crippen LogP contribution in [-0.2, 0) is 6.54 Å². The lowest BCUT2D eigenvalue weighted by molar-refractivity contribution is 0.0878. The number of aliphatic hydroxyl groups is 1. The van der Waals surface area contributed by atoms with Crippen molar-refractivity contribution in [2.45, 2.75) is 19.6 Å². The van der Waals surface area contributed by atoms with Gasteiger partial charge in [-0.15, -0.1) is 0 Å². The van der Waals surface area contributed by atoms with Crippen LogP contribution < -0.4 is 9.47 Å². The van der Waals surface area contributed by atoms with Gasteiger partial charge in [-0.1, -0.05) is 0 Å². The lowest BCUT2D eigenvalue weighted by Gasteiger charge is -2.15. The highest BCUT2D eigenvalue weighted by Gasteiger charge is 2.11. The largest absolute Gasteiger partial charge is 0.493 e. The summed E-state index contributed by atoms with van der Waals surface area (Å²) in [5, 5.41) is 13.9. The molecule has 1 unspecified atom stereocenters. The number of rotatable bonds is 7. The zero-order chi connectivity index (χ0) is 15.2. The van der Waals surface area contributed by atoms with Crippen LogP contribution in [0.2, 0.25) is 0 Å². The zero-order valence-electron chi connectivity index (χ0n) is 12.0. The van der Waals surface area contributed by atoms with Crippen LogP contribution in [0.4, 0.5) is 0 Å². The molecule has 6 heteroatoms. The summed E-state index contributed by atoms with van der Waals surface area (Å²) in [5.41, 5.74) is 0.552. The van der Waals surface area contributed by atoms with E-state index in [1.54, 1.807) is 41.3 Å². The second-order valence-corrected chi connectivity index (χ2v) is 4.61. The van der Waals surface area contributed by atoms with Gasteiger partial charge in [0.25, 0.3) is 0 Å². The third-order valence-electron chi connectivity index (χ3n) is 2.96. The van der Waals surface area contributed by atoms with Crippen LogP contribution in [0.5, 0.6) is 11.5 Å². The number of nitrogens with zero attached hydrogens (tertiary/aromatic N) is 2. The monoisotopic (exact) mass is 290 g/mol. The summed E-state index contributed by atoms with van der Waals surface area (Å²) in [6, 6.07) is 6.74. The summed E-state index contributed by atoms with van der Waals surface area (Å²) in [4.78, 5) is 11.3. The summed E-state index contributed by atoms with van der Waals surface area (Å²) in [6.45, 7) is 1.94. The molecule has 0 saturated heterocycles. The van der Waals surface area contributed by atoms with Crippen molar-refractivity contribution < 1.29 is 19.4 Å². The predicted molar refractivity (Wildman–Crippen MR) is 76.7 cm³/mol. The summed E-state index contributed by atoms with van der Waals surface area (Å²) in [6.07, 6.45) is 2.73. The smallest absolute Gasteiger partial charge is 0.161 e. The standard InChI is InChI=1S/C15H18N2O4/c1-11(18)12-4-5-14(15(8-12)20-2)21-10-13(19)9-17-7-3-6-16-17/h3-8,13,19H,9-10H2,1-2H3. The molecule has 1 heterocycles. The van der Waals surface area contributed by atoms with Crippen LogP contribution in [0, 0.1) is 0 Å². The van der Waals surface area contributed by atoms with E-state index in [0.29, 0.717) is 23.6 Å². The first-order valence-corrected chi connectivity index (χ1v) is 6.57. The molecule has 0 fully saturated rings. The van der Waals surface area contributed by atoms with Crippen molar-refractivity contribution in [2.75, 3.05) is 13.7 Å². The highest BCUT2D eigenvalue weighted by Crippen LogP contribution is 2.28. The summed E-state index contributed by atoms with van der Waals surface area (Å²) in [5.74, 6) is 0.912. The summed E-state index contributed by atoms with van der Waals surface area (Å²) in [7, 11) is 1.51. The van der Waals surface area contributed by atoms with Gasteiger partial charge < -0.3 is 14.6 Å². The molecular formula is C15H18N2O4. The van der Waals surface area contributed by atoms with Crippen molar-refractivity contribution in [3.63, 3.8) is 0 Å². The molecule has 0 radical (unpaired) electrons. The van der Waals surface area contributed by atoms with Crippen LogP contribution >= 0.6 is 0 Å². The van der Waals surface area contributed by atoms with E-state index in [-0.39, 0.29) is 12.4 Å². The maximum Gasteiger partial charge on any atom is 0.161 e. The molecule has 21 heavy (non-hydrogen) atoms. The molecule has 0 bridgehead atoms. The molecule has 0 aliphatic rings. The van der Waals surface area contributed by atoms with Crippen molar-refractivity contribution in [3.05, 3.63) is 42.2 Å². The van der Waals surface area contributed by atoms with Crippen molar-refractivity contribution in [1.82, 2.24) is 9.78 Å². The van der Waals surface area contributed by atoms with Gasteiger partial charge in [-0.25, -0.2) is 0 Å². The minimum absolute atomic E-state index is 0.0430. The second-order valence-electron chi connectivity index (χ2n) is 4.61. The Balaban J connectivity index is 1.97. The number of methoxy groups -OCH3 is 1. The van der Waals surface area contributed by atoms with Gasteiger partial charge in [0.2, 0.25) is 0 Å². The molecule has 2 rings (SSSR count). The number of hydrogen-bond donors (Lipinski definition) is 1. The van der Waals surface area contributed by atoms with Crippen LogP contribution in [0.25, 0.3) is 0 Å². The van der Waals surface area contributed by atoms with Crippen LogP contribution in [-0.4, -0.2) is 40.5 Å². The van der Waals surface area contributed by atoms with E-state index in [2.05, 4.69) is 5.10 Å². The fraction of sp³-hybridized carbons (Fsp3) is 0.333. The quantitative estimate of drug-likeness (QED) is 0.783. The Morgan fingerprint density at radius 2 is 2.24 bits per heavy atom. The third-order valence-corrected chi connectivity index (χ3v) is 2.96. The normalized spacial score (nSPS) is 12.0. The molecule has 0 aliphatic heterocycles. The Bertz CT molecular complexity index is 596. The number of aromatic nitrogens is 2. The second kappa shape index (κ2) is 6.90. The van der Waals surface area contributed by atoms with Gasteiger partial charge in [-0.05, 0) is 31.2 Å². The lowest BCUT2D eigenvalue weighted by Crippen LogP contribution is -2.24. The van der Waals surface area contributed by atoms with Gasteiger partial charge in [0, 0.05) is 18.0 Å². The fourth-order valence-corrected chi connectivity index (χ4v) is 1.87. The van der Waals surface area contributed by atoms with Crippen molar-refractivity contribution >= 4 is 5.78 Å². The van der Waals surface area contributed by atoms with E-state index < -0.39 is 6.10 Å². The highest BCUT2D eigenvalue weighted by atomic mass is 16.5. The maximum atomic E-state index is 11.3. The molecule has 1 N–H and O–H groups in total. The van der Waals surface area contributed by atoms with E-state index in [9.17, 15) is 9.90 Å². The molecule has 0 spiro atoms. The van der Waals surface area contributed by atoms with Crippen molar-refractivity contribution in [1.29, 1.82) is 0 Å². The van der Waals surface area contributed by atoms with E-state index in [0.717, 1.165) is 0 Å². The zero-order valence-corrected chi connectivity index (χ0v) is 12.0. The number of carbonyl (C=O) groups excluding carboxylic acids is 1. The highest BCUT2D eigenvalue weighted by molar-refractivity contribution is 5.94. The average Bonchev–Trinajstić information content (AvgIpc) is 2.97. The Kier molecular flexibility index (Phi) is 4.94. The Morgan fingerprint density at radius 3 is 2.86 bits per heavy atom. The first-order chi connectivity index (χ1) is 10.1. The van der Waals surface area contributed by atoms with Gasteiger partial charge in [0.15, 0.2) is 17.3 Å². The van der Waals surface area contributed by atoms with Gasteiger partial charge >= 0.3 is 0 Å². The number of Topliss-reactive ketones (excluding diaryl/α,β-unsaturated/α-hetero) is 1. The van der Waals surface area contributed by atoms with Crippen molar-refractivity contribution in [2.24, 2.45) is 0 Å². The molecule has 1 aromatic heterocycles. The maximum absolute atomic E-state index is 11.3. The van der Waals surface area contributed by atoms with Gasteiger partial charge in [-0.2, -0.15) is 5.10 Å². The Hall–Kier alpha value is -2.34. The topological polar surface area (TPSA) is 73.6 Å². The van der Waals surface area contributed by atoms with E-state index in [1.807, 2.05) is 0 Å². The van der Waals surface area contributed by atoms with E-state index >= 15 is 0 Å². The van der Waals surface area contributed by atoms with Gasteiger partial charge in [0.05, 0.1) is 13.7 Å². The minimum atomic E-state index is -0.693. The summed E-state index contributed by atoms with van der Waals surface area (Å²) < 4.78 is 12.4. The van der Waals surface area contributed by atoms with Crippen LogP contribution in [0.1, 0.15) is 17.3 Å². The number of hydrogen-bond acceptors (Lipinski definition) is 5. The molecule has 1 atom stereocenters. The van der Waals surface area contributed by atoms with Crippen LogP contribution in [0.3, 0.4) is 0 Å². The molecule has 0 saturated carbocycles. The third kappa shape index (κ3) is 4.06. The Labute approximate surface area is 122 Å². The molecule has 112 valence electrons. The molecule has 0 aliphatic carbocycles. The Morgan fingerprint density at radius 1 is 1.43 bits per heavy atom. The van der Waals surface area contributed by atoms with E-state index in [4.69, 9.17) is 9.47 Å². The first kappa shape index (κ1) is 15.1. The molecule has 1 aromatic carbocycles. The molecule has 2 aromatic rings. The number of ketones is 1. The SMILES string of the molecule is COc1cc(C(C)=O)ccc1OCC(O)Cn1cccn1. The number of carbonyl (C=O) groups is 1. The minimum Gasteiger partial charge on any atom is -0.493 e. The first-order valence-electron chi connectivity index (χ1n) is 6.57.